The number of halogens is 1. The van der Waals surface area contributed by atoms with Gasteiger partial charge in [0.15, 0.2) is 9.84 Å². The Morgan fingerprint density at radius 3 is 2.40 bits per heavy atom. The van der Waals surface area contributed by atoms with E-state index >= 15 is 0 Å². The second-order valence-corrected chi connectivity index (χ2v) is 9.63. The average molecular weight is 430 g/mol. The van der Waals surface area contributed by atoms with Crippen LogP contribution in [0, 0.1) is 5.82 Å². The van der Waals surface area contributed by atoms with Gasteiger partial charge in [-0.15, -0.1) is 0 Å². The predicted molar refractivity (Wildman–Crippen MR) is 113 cm³/mol. The van der Waals surface area contributed by atoms with Crippen molar-refractivity contribution in [2.24, 2.45) is 0 Å². The van der Waals surface area contributed by atoms with E-state index < -0.39 is 21.4 Å². The summed E-state index contributed by atoms with van der Waals surface area (Å²) in [4.78, 5) is 16.9. The highest BCUT2D eigenvalue weighted by atomic mass is 32.2. The van der Waals surface area contributed by atoms with Crippen molar-refractivity contribution < 1.29 is 17.6 Å². The Hall–Kier alpha value is -2.71. The summed E-state index contributed by atoms with van der Waals surface area (Å²) >= 11 is 0. The van der Waals surface area contributed by atoms with Crippen molar-refractivity contribution in [2.75, 3.05) is 33.2 Å². The Morgan fingerprint density at radius 2 is 1.67 bits per heavy atom. The molecule has 0 spiro atoms. The smallest absolute Gasteiger partial charge is 0.242 e. The Morgan fingerprint density at radius 1 is 1.00 bits per heavy atom. The van der Waals surface area contributed by atoms with Crippen LogP contribution in [0.4, 0.5) is 4.39 Å². The van der Waals surface area contributed by atoms with Crippen LogP contribution in [0.3, 0.4) is 0 Å². The number of carbonyl (C=O) groups excluding carboxylic acids is 1. The maximum atomic E-state index is 14.0. The molecule has 0 saturated carbocycles. The van der Waals surface area contributed by atoms with Crippen molar-refractivity contribution in [3.8, 4) is 0 Å². The van der Waals surface area contributed by atoms with Gasteiger partial charge in [-0.25, -0.2) is 12.8 Å². The number of benzene rings is 2. The Kier molecular flexibility index (Phi) is 5.62. The summed E-state index contributed by atoms with van der Waals surface area (Å²) in [6.07, 6.45) is 1.51. The second-order valence-electron chi connectivity index (χ2n) is 7.67. The summed E-state index contributed by atoms with van der Waals surface area (Å²) < 4.78 is 42.0. The third-order valence-corrected chi connectivity index (χ3v) is 7.24. The van der Waals surface area contributed by atoms with E-state index in [2.05, 4.69) is 4.90 Å². The normalized spacial score (nSPS) is 15.6. The van der Waals surface area contributed by atoms with Crippen LogP contribution in [0.15, 0.2) is 59.6 Å². The van der Waals surface area contributed by atoms with Crippen molar-refractivity contribution in [1.82, 2.24) is 14.4 Å². The van der Waals surface area contributed by atoms with Crippen molar-refractivity contribution >= 4 is 26.6 Å². The number of sulfone groups is 1. The number of hydrogen-bond donors (Lipinski definition) is 0. The SMILES string of the molecule is CN1CCN(C(=O)Cn2cc(S(=O)(=O)Cc3ccccc3F)c3ccccc32)CC1. The minimum Gasteiger partial charge on any atom is -0.339 e. The molecule has 4 rings (SSSR count). The number of amides is 1. The summed E-state index contributed by atoms with van der Waals surface area (Å²) in [5, 5.41) is 0.542. The molecule has 0 aliphatic carbocycles. The molecule has 2 aromatic carbocycles. The van der Waals surface area contributed by atoms with Crippen molar-refractivity contribution in [1.29, 1.82) is 0 Å². The highest BCUT2D eigenvalue weighted by molar-refractivity contribution is 7.90. The van der Waals surface area contributed by atoms with E-state index in [0.717, 1.165) is 13.1 Å². The maximum Gasteiger partial charge on any atom is 0.242 e. The summed E-state index contributed by atoms with van der Waals surface area (Å²) in [5.74, 6) is -1.02. The van der Waals surface area contributed by atoms with Crippen molar-refractivity contribution in [2.45, 2.75) is 17.2 Å². The highest BCUT2D eigenvalue weighted by Gasteiger charge is 2.25. The Balaban J connectivity index is 1.65. The molecule has 0 atom stereocenters. The Labute approximate surface area is 175 Å². The lowest BCUT2D eigenvalue weighted by atomic mass is 10.2. The number of aromatic nitrogens is 1. The molecular weight excluding hydrogens is 405 g/mol. The fourth-order valence-electron chi connectivity index (χ4n) is 3.79. The quantitative estimate of drug-likeness (QED) is 0.625. The lowest BCUT2D eigenvalue weighted by molar-refractivity contribution is -0.133. The number of hydrogen-bond acceptors (Lipinski definition) is 4. The predicted octanol–water partition coefficient (Wildman–Crippen LogP) is 2.53. The van der Waals surface area contributed by atoms with E-state index in [1.807, 2.05) is 18.0 Å². The molecule has 30 heavy (non-hydrogen) atoms. The second kappa shape index (κ2) is 8.20. The standard InChI is InChI=1S/C22H24FN3O3S/c1-24-10-12-25(13-11-24)22(27)15-26-14-21(18-7-3-5-9-20(18)26)30(28,29)16-17-6-2-4-8-19(17)23/h2-9,14H,10-13,15-16H2,1H3. The van der Waals surface area contributed by atoms with E-state index in [9.17, 15) is 17.6 Å². The van der Waals surface area contributed by atoms with Gasteiger partial charge in [0, 0.05) is 48.8 Å². The molecule has 6 nitrogen and oxygen atoms in total. The minimum absolute atomic E-state index is 0.0399. The highest BCUT2D eigenvalue weighted by Crippen LogP contribution is 2.28. The van der Waals surface area contributed by atoms with Gasteiger partial charge in [-0.05, 0) is 19.2 Å². The van der Waals surface area contributed by atoms with Crippen LogP contribution in [0.2, 0.25) is 0 Å². The summed E-state index contributed by atoms with van der Waals surface area (Å²) in [6.45, 7) is 3.03. The minimum atomic E-state index is -3.80. The van der Waals surface area contributed by atoms with Crippen LogP contribution in [0.1, 0.15) is 5.56 Å². The lowest BCUT2D eigenvalue weighted by Gasteiger charge is -2.32. The number of carbonyl (C=O) groups is 1. The number of rotatable bonds is 5. The first-order valence-electron chi connectivity index (χ1n) is 9.85. The molecule has 2 heterocycles. The zero-order chi connectivity index (χ0) is 21.3. The van der Waals surface area contributed by atoms with Gasteiger partial charge in [-0.2, -0.15) is 0 Å². The lowest BCUT2D eigenvalue weighted by Crippen LogP contribution is -2.48. The molecule has 0 unspecified atom stereocenters. The molecule has 158 valence electrons. The summed E-state index contributed by atoms with van der Waals surface area (Å²) in [5.41, 5.74) is 0.801. The molecule has 1 saturated heterocycles. The molecule has 1 aliphatic heterocycles. The molecule has 8 heteroatoms. The zero-order valence-electron chi connectivity index (χ0n) is 16.8. The first-order valence-corrected chi connectivity index (χ1v) is 11.5. The molecule has 0 bridgehead atoms. The third-order valence-electron chi connectivity index (χ3n) is 5.55. The van der Waals surface area contributed by atoms with Gasteiger partial charge >= 0.3 is 0 Å². The maximum absolute atomic E-state index is 14.0. The molecule has 1 fully saturated rings. The molecule has 1 aromatic heterocycles. The summed E-state index contributed by atoms with van der Waals surface area (Å²) in [7, 11) is -1.78. The number of para-hydroxylation sites is 1. The van der Waals surface area contributed by atoms with Crippen molar-refractivity contribution in [3.05, 3.63) is 66.1 Å². The van der Waals surface area contributed by atoms with Gasteiger partial charge in [0.05, 0.1) is 10.6 Å². The topological polar surface area (TPSA) is 62.6 Å². The van der Waals surface area contributed by atoms with Gasteiger partial charge in [-0.3, -0.25) is 4.79 Å². The van der Waals surface area contributed by atoms with Gasteiger partial charge in [0.25, 0.3) is 0 Å². The fraction of sp³-hybridized carbons (Fsp3) is 0.318. The number of likely N-dealkylation sites (N-methyl/N-ethyl adjacent to an activating group) is 1. The van der Waals surface area contributed by atoms with Crippen LogP contribution in [-0.4, -0.2) is 61.9 Å². The van der Waals surface area contributed by atoms with E-state index in [1.165, 1.54) is 24.4 Å². The number of nitrogens with zero attached hydrogens (tertiary/aromatic N) is 3. The van der Waals surface area contributed by atoms with Crippen LogP contribution in [-0.2, 0) is 26.9 Å². The molecular formula is C22H24FN3O3S. The largest absolute Gasteiger partial charge is 0.339 e. The van der Waals surface area contributed by atoms with Gasteiger partial charge in [0.1, 0.15) is 12.4 Å². The molecule has 1 aliphatic rings. The van der Waals surface area contributed by atoms with Gasteiger partial charge in [0.2, 0.25) is 5.91 Å². The average Bonchev–Trinajstić information content (AvgIpc) is 3.10. The number of fused-ring (bicyclic) bond motifs is 1. The summed E-state index contributed by atoms with van der Waals surface area (Å²) in [6, 6.07) is 13.0. The van der Waals surface area contributed by atoms with Crippen LogP contribution in [0.5, 0.6) is 0 Å². The van der Waals surface area contributed by atoms with E-state index in [1.54, 1.807) is 28.8 Å². The molecule has 0 N–H and O–H groups in total. The molecule has 0 radical (unpaired) electrons. The van der Waals surface area contributed by atoms with Gasteiger partial charge < -0.3 is 14.4 Å². The van der Waals surface area contributed by atoms with E-state index in [-0.39, 0.29) is 22.9 Å². The van der Waals surface area contributed by atoms with Crippen LogP contribution >= 0.6 is 0 Å². The van der Waals surface area contributed by atoms with Crippen LogP contribution < -0.4 is 0 Å². The van der Waals surface area contributed by atoms with Crippen molar-refractivity contribution in [3.63, 3.8) is 0 Å². The first kappa shape index (κ1) is 20.6. The zero-order valence-corrected chi connectivity index (χ0v) is 17.6. The monoisotopic (exact) mass is 429 g/mol. The molecule has 3 aromatic rings. The van der Waals surface area contributed by atoms with Gasteiger partial charge in [-0.1, -0.05) is 36.4 Å². The fourth-order valence-corrected chi connectivity index (χ4v) is 5.39. The van der Waals surface area contributed by atoms with E-state index in [4.69, 9.17) is 0 Å². The first-order chi connectivity index (χ1) is 14.3. The van der Waals surface area contributed by atoms with Crippen LogP contribution in [0.25, 0.3) is 10.9 Å². The Bertz CT molecular complexity index is 1180. The number of piperazine rings is 1. The third kappa shape index (κ3) is 4.11. The van der Waals surface area contributed by atoms with E-state index in [0.29, 0.717) is 24.0 Å². The molecule has 1 amide bonds.